The van der Waals surface area contributed by atoms with Crippen molar-refractivity contribution in [3.05, 3.63) is 36.0 Å². The molecule has 2 aromatic rings. The molecule has 16 heteroatoms. The van der Waals surface area contributed by atoms with E-state index in [1.54, 1.807) is 27.0 Å². The summed E-state index contributed by atoms with van der Waals surface area (Å²) in [6.45, 7) is 14.5. The molecule has 16 nitrogen and oxygen atoms in total. The number of H-pyrrole nitrogens is 1. The van der Waals surface area contributed by atoms with Gasteiger partial charge >= 0.3 is 5.97 Å². The van der Waals surface area contributed by atoms with Gasteiger partial charge in [0.05, 0.1) is 6.10 Å². The van der Waals surface area contributed by atoms with E-state index in [0.29, 0.717) is 12.0 Å². The lowest BCUT2D eigenvalue weighted by molar-refractivity contribution is -0.156. The normalized spacial score (nSPS) is 26.6. The molecule has 1 aliphatic rings. The van der Waals surface area contributed by atoms with Crippen LogP contribution in [0.5, 0.6) is 0 Å². The number of amides is 6. The van der Waals surface area contributed by atoms with Gasteiger partial charge in [0, 0.05) is 30.4 Å². The van der Waals surface area contributed by atoms with Gasteiger partial charge in [-0.1, -0.05) is 66.2 Å². The topological polar surface area (TPSA) is 237 Å². The number of nitrogens with one attached hydrogen (secondary N) is 7. The quantitative estimate of drug-likeness (QED) is 0.168. The van der Waals surface area contributed by atoms with Crippen LogP contribution in [0.1, 0.15) is 80.7 Å². The van der Waals surface area contributed by atoms with Crippen molar-refractivity contribution in [2.75, 3.05) is 0 Å². The Morgan fingerprint density at radius 2 is 1.37 bits per heavy atom. The van der Waals surface area contributed by atoms with Crippen LogP contribution in [0.4, 0.5) is 0 Å². The SMILES string of the molecule is CCC(C)[C@H]1NC(=O)[C@@H](C(C)C)NC(=O)[C@H]([C@@H](C)O)NC(=O)[C@H](Cc2c[nH]c3ccccc23)NC(=O)[C@@H](NC(C)=O)[C@@H](C)OC(=O)[C@H](CC(C)C)NC1=O. The number of carbonyl (C=O) groups is 7. The van der Waals surface area contributed by atoms with Gasteiger partial charge in [0.1, 0.15) is 42.4 Å². The van der Waals surface area contributed by atoms with Crippen LogP contribution in [-0.2, 0) is 44.7 Å². The zero-order chi connectivity index (χ0) is 40.4. The number of fused-ring (bicyclic) bond motifs is 1. The Morgan fingerprint density at radius 1 is 0.796 bits per heavy atom. The van der Waals surface area contributed by atoms with Crippen molar-refractivity contribution < 1.29 is 43.4 Å². The summed E-state index contributed by atoms with van der Waals surface area (Å²) in [5.74, 6) is -6.48. The summed E-state index contributed by atoms with van der Waals surface area (Å²) in [4.78, 5) is 98.6. The molecule has 1 saturated heterocycles. The molecule has 1 aliphatic heterocycles. The highest BCUT2D eigenvalue weighted by molar-refractivity contribution is 5.98. The Labute approximate surface area is 316 Å². The summed E-state index contributed by atoms with van der Waals surface area (Å²) in [7, 11) is 0. The van der Waals surface area contributed by atoms with E-state index in [1.165, 1.54) is 20.8 Å². The number of aliphatic hydroxyl groups excluding tert-OH is 1. The predicted molar refractivity (Wildman–Crippen MR) is 200 cm³/mol. The number of benzene rings is 1. The van der Waals surface area contributed by atoms with E-state index in [0.717, 1.165) is 10.9 Å². The first-order valence-corrected chi connectivity index (χ1v) is 18.6. The summed E-state index contributed by atoms with van der Waals surface area (Å²) >= 11 is 0. The van der Waals surface area contributed by atoms with Crippen LogP contribution in [0.3, 0.4) is 0 Å². The third-order valence-electron chi connectivity index (χ3n) is 9.56. The number of ether oxygens (including phenoxy) is 1. The van der Waals surface area contributed by atoms with Gasteiger partial charge in [-0.2, -0.15) is 0 Å². The molecule has 298 valence electrons. The number of aliphatic hydroxyl groups is 1. The minimum absolute atomic E-state index is 0.0901. The third kappa shape index (κ3) is 11.5. The Morgan fingerprint density at radius 3 is 1.96 bits per heavy atom. The number of para-hydroxylation sites is 1. The van der Waals surface area contributed by atoms with Crippen molar-refractivity contribution in [1.29, 1.82) is 0 Å². The third-order valence-corrected chi connectivity index (χ3v) is 9.56. The van der Waals surface area contributed by atoms with Gasteiger partial charge in [-0.3, -0.25) is 28.8 Å². The molecule has 8 N–H and O–H groups in total. The van der Waals surface area contributed by atoms with E-state index in [2.05, 4.69) is 36.9 Å². The fraction of sp³-hybridized carbons (Fsp3) is 0.605. The predicted octanol–water partition coefficient (Wildman–Crippen LogP) is 0.713. The standard InChI is InChI=1S/C38H57N7O9/c1-10-20(6)30-35(50)42-28(15-18(2)3)38(53)54-22(8)32(40-23(9)47)37(52)41-27(16-24-17-39-26-14-12-11-13-25(24)26)33(48)45-31(21(7)46)36(51)43-29(19(4)5)34(49)44-30/h11-14,17-22,27-32,39,46H,10,15-16H2,1-9H3,(H,40,47)(H,41,52)(H,42,50)(H,43,51)(H,44,49)(H,45,48)/t20?,21-,22-,27+,28+,29-,30-,31+,32+/m1/s1. The number of carbonyl (C=O) groups excluding carboxylic acids is 7. The molecule has 0 bridgehead atoms. The number of rotatable bonds is 9. The van der Waals surface area contributed by atoms with Crippen molar-refractivity contribution in [2.45, 2.75) is 130 Å². The number of hydrogen-bond acceptors (Lipinski definition) is 9. The summed E-state index contributed by atoms with van der Waals surface area (Å²) in [6, 6.07) is -0.664. The first-order valence-electron chi connectivity index (χ1n) is 18.6. The molecular weight excluding hydrogens is 698 g/mol. The van der Waals surface area contributed by atoms with Crippen LogP contribution in [0.15, 0.2) is 30.5 Å². The summed E-state index contributed by atoms with van der Waals surface area (Å²) in [5, 5.41) is 27.3. The molecule has 54 heavy (non-hydrogen) atoms. The van der Waals surface area contributed by atoms with E-state index in [4.69, 9.17) is 4.74 Å². The highest BCUT2D eigenvalue weighted by Gasteiger charge is 2.39. The average molecular weight is 756 g/mol. The Bertz CT molecular complexity index is 1670. The highest BCUT2D eigenvalue weighted by Crippen LogP contribution is 2.20. The lowest BCUT2D eigenvalue weighted by atomic mass is 9.95. The number of aromatic nitrogens is 1. The van der Waals surface area contributed by atoms with Crippen molar-refractivity contribution in [2.24, 2.45) is 17.8 Å². The fourth-order valence-corrected chi connectivity index (χ4v) is 6.27. The van der Waals surface area contributed by atoms with E-state index >= 15 is 0 Å². The van der Waals surface area contributed by atoms with Crippen molar-refractivity contribution in [3.8, 4) is 0 Å². The molecule has 0 spiro atoms. The maximum absolute atomic E-state index is 14.1. The Kier molecular flexibility index (Phi) is 15.6. The average Bonchev–Trinajstić information content (AvgIpc) is 3.50. The van der Waals surface area contributed by atoms with Crippen molar-refractivity contribution >= 4 is 52.3 Å². The summed E-state index contributed by atoms with van der Waals surface area (Å²) < 4.78 is 5.73. The summed E-state index contributed by atoms with van der Waals surface area (Å²) in [5.41, 5.74) is 1.41. The van der Waals surface area contributed by atoms with Gasteiger partial charge in [-0.15, -0.1) is 0 Å². The molecule has 1 fully saturated rings. The zero-order valence-electron chi connectivity index (χ0n) is 32.6. The largest absolute Gasteiger partial charge is 0.458 e. The van der Waals surface area contributed by atoms with Crippen LogP contribution in [0.25, 0.3) is 10.9 Å². The molecule has 1 unspecified atom stereocenters. The highest BCUT2D eigenvalue weighted by atomic mass is 16.5. The summed E-state index contributed by atoms with van der Waals surface area (Å²) in [6.07, 6.45) is -0.543. The van der Waals surface area contributed by atoms with E-state index < -0.39 is 102 Å². The first kappa shape index (κ1) is 43.4. The lowest BCUT2D eigenvalue weighted by Crippen LogP contribution is -2.63. The van der Waals surface area contributed by atoms with Gasteiger partial charge in [-0.05, 0) is 49.7 Å². The van der Waals surface area contributed by atoms with Crippen molar-refractivity contribution in [3.63, 3.8) is 0 Å². The molecule has 0 radical (unpaired) electrons. The number of esters is 1. The molecule has 0 aliphatic carbocycles. The van der Waals surface area contributed by atoms with E-state index in [1.807, 2.05) is 45.0 Å². The molecule has 1 aromatic heterocycles. The van der Waals surface area contributed by atoms with Crippen LogP contribution in [0, 0.1) is 17.8 Å². The van der Waals surface area contributed by atoms with Crippen LogP contribution >= 0.6 is 0 Å². The molecule has 1 aromatic carbocycles. The minimum atomic E-state index is -1.58. The van der Waals surface area contributed by atoms with Gasteiger partial charge in [0.2, 0.25) is 35.4 Å². The number of hydrogen-bond donors (Lipinski definition) is 8. The second kappa shape index (κ2) is 19.4. The number of aromatic amines is 1. The van der Waals surface area contributed by atoms with E-state index in [9.17, 15) is 38.7 Å². The Balaban J connectivity index is 2.16. The monoisotopic (exact) mass is 755 g/mol. The fourth-order valence-electron chi connectivity index (χ4n) is 6.27. The lowest BCUT2D eigenvalue weighted by Gasteiger charge is -2.31. The molecular formula is C38H57N7O9. The second-order valence-corrected chi connectivity index (χ2v) is 15.0. The van der Waals surface area contributed by atoms with Gasteiger partial charge in [0.25, 0.3) is 0 Å². The van der Waals surface area contributed by atoms with Crippen molar-refractivity contribution in [1.82, 2.24) is 36.9 Å². The minimum Gasteiger partial charge on any atom is -0.458 e. The molecule has 9 atom stereocenters. The zero-order valence-corrected chi connectivity index (χ0v) is 32.6. The van der Waals surface area contributed by atoms with Crippen LogP contribution < -0.4 is 31.9 Å². The molecule has 3 rings (SSSR count). The molecule has 2 heterocycles. The first-order chi connectivity index (χ1) is 25.3. The Hall–Kier alpha value is -4.99. The van der Waals surface area contributed by atoms with Gasteiger partial charge < -0.3 is 46.7 Å². The second-order valence-electron chi connectivity index (χ2n) is 15.0. The van der Waals surface area contributed by atoms with Gasteiger partial charge in [-0.25, -0.2) is 4.79 Å². The van der Waals surface area contributed by atoms with Crippen LogP contribution in [0.2, 0.25) is 0 Å². The smallest absolute Gasteiger partial charge is 0.328 e. The van der Waals surface area contributed by atoms with Crippen LogP contribution in [-0.4, -0.2) is 100.0 Å². The molecule has 0 saturated carbocycles. The van der Waals surface area contributed by atoms with E-state index in [-0.39, 0.29) is 18.8 Å². The number of cyclic esters (lactones) is 1. The van der Waals surface area contributed by atoms with Gasteiger partial charge in [0.15, 0.2) is 0 Å². The molecule has 6 amide bonds. The maximum atomic E-state index is 14.1. The maximum Gasteiger partial charge on any atom is 0.328 e.